The van der Waals surface area contributed by atoms with Crippen LogP contribution >= 0.6 is 0 Å². The van der Waals surface area contributed by atoms with Gasteiger partial charge in [0, 0.05) is 24.8 Å². The van der Waals surface area contributed by atoms with E-state index in [9.17, 15) is 4.79 Å². The highest BCUT2D eigenvalue weighted by Crippen LogP contribution is 2.13. The highest BCUT2D eigenvalue weighted by molar-refractivity contribution is 5.79. The standard InChI is InChI=1S/C13H19N3O/c1-10-7-16(13(17)9-15(10)2)8-11-3-5-12(14)6-4-11/h3-6,10H,7-9,14H2,1-2H3. The van der Waals surface area contributed by atoms with Crippen molar-refractivity contribution in [3.8, 4) is 0 Å². The van der Waals surface area contributed by atoms with E-state index < -0.39 is 0 Å². The lowest BCUT2D eigenvalue weighted by Gasteiger charge is -2.37. The van der Waals surface area contributed by atoms with Gasteiger partial charge in [0.1, 0.15) is 0 Å². The van der Waals surface area contributed by atoms with E-state index in [4.69, 9.17) is 5.73 Å². The Hall–Kier alpha value is -1.55. The number of amides is 1. The summed E-state index contributed by atoms with van der Waals surface area (Å²) < 4.78 is 0. The molecule has 4 nitrogen and oxygen atoms in total. The smallest absolute Gasteiger partial charge is 0.237 e. The van der Waals surface area contributed by atoms with Crippen molar-refractivity contribution < 1.29 is 4.79 Å². The molecule has 17 heavy (non-hydrogen) atoms. The number of hydrogen-bond donors (Lipinski definition) is 1. The number of carbonyl (C=O) groups is 1. The number of rotatable bonds is 2. The number of carbonyl (C=O) groups excluding carboxylic acids is 1. The normalized spacial score (nSPS) is 21.9. The minimum atomic E-state index is 0.197. The predicted octanol–water partition coefficient (Wildman–Crippen LogP) is 0.931. The average molecular weight is 233 g/mol. The fourth-order valence-corrected chi connectivity index (χ4v) is 2.03. The molecule has 1 fully saturated rings. The third kappa shape index (κ3) is 2.77. The molecule has 1 atom stereocenters. The number of anilines is 1. The Balaban J connectivity index is 2.03. The molecule has 1 amide bonds. The van der Waals surface area contributed by atoms with Crippen molar-refractivity contribution in [3.05, 3.63) is 29.8 Å². The quantitative estimate of drug-likeness (QED) is 0.773. The lowest BCUT2D eigenvalue weighted by Crippen LogP contribution is -2.53. The van der Waals surface area contributed by atoms with Crippen molar-refractivity contribution in [2.24, 2.45) is 0 Å². The van der Waals surface area contributed by atoms with Crippen molar-refractivity contribution in [2.45, 2.75) is 19.5 Å². The molecule has 0 bridgehead atoms. The molecular formula is C13H19N3O. The summed E-state index contributed by atoms with van der Waals surface area (Å²) >= 11 is 0. The molecule has 1 heterocycles. The van der Waals surface area contributed by atoms with Crippen LogP contribution in [0.5, 0.6) is 0 Å². The zero-order valence-electron chi connectivity index (χ0n) is 10.4. The monoisotopic (exact) mass is 233 g/mol. The number of benzene rings is 1. The summed E-state index contributed by atoms with van der Waals surface area (Å²) in [4.78, 5) is 15.9. The van der Waals surface area contributed by atoms with Crippen LogP contribution in [0.25, 0.3) is 0 Å². The van der Waals surface area contributed by atoms with Crippen LogP contribution < -0.4 is 5.73 Å². The molecule has 1 aromatic rings. The summed E-state index contributed by atoms with van der Waals surface area (Å²) in [5.41, 5.74) is 7.53. The van der Waals surface area contributed by atoms with E-state index in [0.29, 0.717) is 19.1 Å². The maximum Gasteiger partial charge on any atom is 0.237 e. The van der Waals surface area contributed by atoms with E-state index in [1.807, 2.05) is 36.2 Å². The van der Waals surface area contributed by atoms with Crippen molar-refractivity contribution >= 4 is 11.6 Å². The van der Waals surface area contributed by atoms with Gasteiger partial charge in [-0.1, -0.05) is 12.1 Å². The Kier molecular flexibility index (Phi) is 3.33. The third-order valence-electron chi connectivity index (χ3n) is 3.33. The van der Waals surface area contributed by atoms with Crippen LogP contribution in [0.1, 0.15) is 12.5 Å². The summed E-state index contributed by atoms with van der Waals surface area (Å²) in [6.45, 7) is 4.12. The van der Waals surface area contributed by atoms with Crippen LogP contribution in [0.2, 0.25) is 0 Å². The van der Waals surface area contributed by atoms with E-state index in [1.165, 1.54) is 0 Å². The van der Waals surface area contributed by atoms with Gasteiger partial charge in [0.05, 0.1) is 6.54 Å². The Bertz CT molecular complexity index is 402. The Morgan fingerprint density at radius 2 is 2.00 bits per heavy atom. The minimum Gasteiger partial charge on any atom is -0.399 e. The zero-order chi connectivity index (χ0) is 12.4. The first-order valence-corrected chi connectivity index (χ1v) is 5.88. The van der Waals surface area contributed by atoms with Crippen molar-refractivity contribution in [2.75, 3.05) is 25.9 Å². The van der Waals surface area contributed by atoms with E-state index in [0.717, 1.165) is 17.8 Å². The lowest BCUT2D eigenvalue weighted by atomic mass is 10.1. The second-order valence-electron chi connectivity index (χ2n) is 4.78. The molecular weight excluding hydrogens is 214 g/mol. The maximum atomic E-state index is 11.9. The SMILES string of the molecule is CC1CN(Cc2ccc(N)cc2)C(=O)CN1C. The van der Waals surface area contributed by atoms with Crippen molar-refractivity contribution in [1.82, 2.24) is 9.80 Å². The van der Waals surface area contributed by atoms with E-state index in [-0.39, 0.29) is 5.91 Å². The Morgan fingerprint density at radius 1 is 1.35 bits per heavy atom. The van der Waals surface area contributed by atoms with E-state index >= 15 is 0 Å². The first-order chi connectivity index (χ1) is 8.06. The molecule has 1 unspecified atom stereocenters. The van der Waals surface area contributed by atoms with Gasteiger partial charge >= 0.3 is 0 Å². The van der Waals surface area contributed by atoms with Crippen LogP contribution in [-0.4, -0.2) is 41.9 Å². The highest BCUT2D eigenvalue weighted by atomic mass is 16.2. The third-order valence-corrected chi connectivity index (χ3v) is 3.33. The van der Waals surface area contributed by atoms with Crippen LogP contribution in [-0.2, 0) is 11.3 Å². The maximum absolute atomic E-state index is 11.9. The Morgan fingerprint density at radius 3 is 2.65 bits per heavy atom. The van der Waals surface area contributed by atoms with Gasteiger partial charge in [-0.25, -0.2) is 0 Å². The number of nitrogens with two attached hydrogens (primary N) is 1. The van der Waals surface area contributed by atoms with E-state index in [2.05, 4.69) is 11.8 Å². The summed E-state index contributed by atoms with van der Waals surface area (Å²) in [7, 11) is 1.99. The molecule has 1 aliphatic heterocycles. The molecule has 0 aromatic heterocycles. The molecule has 0 radical (unpaired) electrons. The molecule has 2 N–H and O–H groups in total. The van der Waals surface area contributed by atoms with Gasteiger partial charge in [-0.05, 0) is 31.7 Å². The zero-order valence-corrected chi connectivity index (χ0v) is 10.4. The number of nitrogens with zero attached hydrogens (tertiary/aromatic N) is 2. The Labute approximate surface area is 102 Å². The number of nitrogen functional groups attached to an aromatic ring is 1. The summed E-state index contributed by atoms with van der Waals surface area (Å²) in [6.07, 6.45) is 0. The van der Waals surface area contributed by atoms with Gasteiger partial charge in [-0.2, -0.15) is 0 Å². The molecule has 0 saturated carbocycles. The first kappa shape index (κ1) is 11.9. The molecule has 92 valence electrons. The first-order valence-electron chi connectivity index (χ1n) is 5.88. The van der Waals surface area contributed by atoms with Crippen molar-refractivity contribution in [3.63, 3.8) is 0 Å². The summed E-state index contributed by atoms with van der Waals surface area (Å²) in [5, 5.41) is 0. The van der Waals surface area contributed by atoms with Gasteiger partial charge < -0.3 is 10.6 Å². The molecule has 1 aliphatic rings. The van der Waals surface area contributed by atoms with Gasteiger partial charge in [0.2, 0.25) is 5.91 Å². The van der Waals surface area contributed by atoms with E-state index in [1.54, 1.807) is 0 Å². The van der Waals surface area contributed by atoms with Crippen LogP contribution in [0.3, 0.4) is 0 Å². The second kappa shape index (κ2) is 4.75. The second-order valence-corrected chi connectivity index (χ2v) is 4.78. The fraction of sp³-hybridized carbons (Fsp3) is 0.462. The predicted molar refractivity (Wildman–Crippen MR) is 68.4 cm³/mol. The molecule has 1 aromatic carbocycles. The van der Waals surface area contributed by atoms with Crippen LogP contribution in [0.4, 0.5) is 5.69 Å². The lowest BCUT2D eigenvalue weighted by molar-refractivity contribution is -0.138. The molecule has 1 saturated heterocycles. The number of piperazine rings is 1. The highest BCUT2D eigenvalue weighted by Gasteiger charge is 2.26. The van der Waals surface area contributed by atoms with Gasteiger partial charge in [-0.15, -0.1) is 0 Å². The van der Waals surface area contributed by atoms with Crippen LogP contribution in [0, 0.1) is 0 Å². The minimum absolute atomic E-state index is 0.197. The molecule has 0 aliphatic carbocycles. The van der Waals surface area contributed by atoms with Crippen LogP contribution in [0.15, 0.2) is 24.3 Å². The number of likely N-dealkylation sites (N-methyl/N-ethyl adjacent to an activating group) is 1. The largest absolute Gasteiger partial charge is 0.399 e. The van der Waals surface area contributed by atoms with Crippen molar-refractivity contribution in [1.29, 1.82) is 0 Å². The molecule has 4 heteroatoms. The fourth-order valence-electron chi connectivity index (χ4n) is 2.03. The molecule has 0 spiro atoms. The topological polar surface area (TPSA) is 49.6 Å². The molecule has 2 rings (SSSR count). The summed E-state index contributed by atoms with van der Waals surface area (Å²) in [5.74, 6) is 0.197. The van der Waals surface area contributed by atoms with Gasteiger partial charge in [-0.3, -0.25) is 9.69 Å². The number of hydrogen-bond acceptors (Lipinski definition) is 3. The van der Waals surface area contributed by atoms with Gasteiger partial charge in [0.25, 0.3) is 0 Å². The average Bonchev–Trinajstić information content (AvgIpc) is 2.29. The van der Waals surface area contributed by atoms with Gasteiger partial charge in [0.15, 0.2) is 0 Å². The summed E-state index contributed by atoms with van der Waals surface area (Å²) in [6, 6.07) is 8.12.